The number of carbonyl (C=O) groups excluding carboxylic acids is 1. The van der Waals surface area contributed by atoms with Crippen molar-refractivity contribution in [3.8, 4) is 5.75 Å². The first-order valence-electron chi connectivity index (χ1n) is 7.80. The molecule has 0 radical (unpaired) electrons. The van der Waals surface area contributed by atoms with Gasteiger partial charge >= 0.3 is 0 Å². The third-order valence-electron chi connectivity index (χ3n) is 4.19. The van der Waals surface area contributed by atoms with Crippen LogP contribution in [-0.4, -0.2) is 32.7 Å². The zero-order chi connectivity index (χ0) is 15.1. The number of halogens is 1. The fourth-order valence-electron chi connectivity index (χ4n) is 2.79. The van der Waals surface area contributed by atoms with Gasteiger partial charge in [-0.05, 0) is 55.5 Å². The van der Waals surface area contributed by atoms with E-state index in [0.29, 0.717) is 6.42 Å². The van der Waals surface area contributed by atoms with Gasteiger partial charge < -0.3 is 15.4 Å². The molecule has 124 valence electrons. The minimum absolute atomic E-state index is 0. The van der Waals surface area contributed by atoms with Crippen LogP contribution in [0.15, 0.2) is 24.3 Å². The average molecular weight is 327 g/mol. The van der Waals surface area contributed by atoms with Crippen molar-refractivity contribution in [3.05, 3.63) is 29.8 Å². The van der Waals surface area contributed by atoms with Crippen molar-refractivity contribution in [1.29, 1.82) is 0 Å². The molecule has 22 heavy (non-hydrogen) atoms. The van der Waals surface area contributed by atoms with Crippen LogP contribution in [0.5, 0.6) is 5.75 Å². The quantitative estimate of drug-likeness (QED) is 0.810. The molecule has 2 unspecified atom stereocenters. The molecule has 2 atom stereocenters. The molecule has 0 spiro atoms. The number of ether oxygens (including phenoxy) is 1. The van der Waals surface area contributed by atoms with Gasteiger partial charge in [-0.3, -0.25) is 4.79 Å². The van der Waals surface area contributed by atoms with Crippen molar-refractivity contribution < 1.29 is 9.53 Å². The average Bonchev–Trinajstić information content (AvgIpc) is 3.00. The molecule has 1 aliphatic heterocycles. The topological polar surface area (TPSA) is 50.4 Å². The second-order valence-electron chi connectivity index (χ2n) is 5.88. The SMILES string of the molecule is COc1cccc(C(C)CC(=O)NCCC2CCNC2)c1.Cl. The number of hydrogen-bond donors (Lipinski definition) is 2. The van der Waals surface area contributed by atoms with E-state index in [2.05, 4.69) is 17.6 Å². The fraction of sp³-hybridized carbons (Fsp3) is 0.588. The van der Waals surface area contributed by atoms with Gasteiger partial charge in [-0.15, -0.1) is 12.4 Å². The molecule has 1 heterocycles. The fourth-order valence-corrected chi connectivity index (χ4v) is 2.79. The van der Waals surface area contributed by atoms with Gasteiger partial charge in [-0.1, -0.05) is 19.1 Å². The monoisotopic (exact) mass is 326 g/mol. The smallest absolute Gasteiger partial charge is 0.220 e. The standard InChI is InChI=1S/C17H26N2O2.ClH/c1-13(15-4-3-5-16(11-15)21-2)10-17(20)19-9-7-14-6-8-18-12-14;/h3-5,11,13-14,18H,6-10,12H2,1-2H3,(H,19,20);1H. The lowest BCUT2D eigenvalue weighted by Gasteiger charge is -2.14. The molecule has 5 heteroatoms. The summed E-state index contributed by atoms with van der Waals surface area (Å²) in [5.41, 5.74) is 1.14. The first kappa shape index (κ1) is 18.8. The summed E-state index contributed by atoms with van der Waals surface area (Å²) in [6.45, 7) is 5.08. The molecule has 1 fully saturated rings. The van der Waals surface area contributed by atoms with Crippen molar-refractivity contribution in [2.24, 2.45) is 5.92 Å². The Kier molecular flexibility index (Phi) is 8.28. The largest absolute Gasteiger partial charge is 0.497 e. The van der Waals surface area contributed by atoms with Crippen LogP contribution in [0.1, 0.15) is 37.7 Å². The summed E-state index contributed by atoms with van der Waals surface area (Å²) in [5.74, 6) is 1.90. The van der Waals surface area contributed by atoms with Gasteiger partial charge in [-0.2, -0.15) is 0 Å². The summed E-state index contributed by atoms with van der Waals surface area (Å²) in [7, 11) is 1.66. The van der Waals surface area contributed by atoms with E-state index >= 15 is 0 Å². The van der Waals surface area contributed by atoms with Crippen LogP contribution in [-0.2, 0) is 4.79 Å². The van der Waals surface area contributed by atoms with E-state index in [1.807, 2.05) is 24.3 Å². The predicted octanol–water partition coefficient (Wildman–Crippen LogP) is 2.73. The molecule has 0 aromatic heterocycles. The Morgan fingerprint density at radius 2 is 2.32 bits per heavy atom. The van der Waals surface area contributed by atoms with Crippen LogP contribution in [0.4, 0.5) is 0 Å². The lowest BCUT2D eigenvalue weighted by atomic mass is 9.97. The van der Waals surface area contributed by atoms with Crippen LogP contribution in [0, 0.1) is 5.92 Å². The minimum Gasteiger partial charge on any atom is -0.497 e. The van der Waals surface area contributed by atoms with E-state index in [9.17, 15) is 4.79 Å². The lowest BCUT2D eigenvalue weighted by Crippen LogP contribution is -2.27. The summed E-state index contributed by atoms with van der Waals surface area (Å²) in [5, 5.41) is 6.39. The Bertz CT molecular complexity index is 462. The molecule has 0 aliphatic carbocycles. The van der Waals surface area contributed by atoms with Crippen LogP contribution < -0.4 is 15.4 Å². The number of nitrogens with one attached hydrogen (secondary N) is 2. The predicted molar refractivity (Wildman–Crippen MR) is 91.9 cm³/mol. The second kappa shape index (κ2) is 9.70. The molecule has 4 nitrogen and oxygen atoms in total. The lowest BCUT2D eigenvalue weighted by molar-refractivity contribution is -0.121. The minimum atomic E-state index is 0. The highest BCUT2D eigenvalue weighted by Gasteiger charge is 2.15. The van der Waals surface area contributed by atoms with Crippen LogP contribution in [0.3, 0.4) is 0 Å². The van der Waals surface area contributed by atoms with Crippen molar-refractivity contribution in [3.63, 3.8) is 0 Å². The molecule has 0 bridgehead atoms. The maximum atomic E-state index is 12.0. The van der Waals surface area contributed by atoms with Crippen molar-refractivity contribution in [2.45, 2.75) is 32.1 Å². The third-order valence-corrected chi connectivity index (χ3v) is 4.19. The molecule has 1 saturated heterocycles. The molecule has 0 saturated carbocycles. The van der Waals surface area contributed by atoms with Gasteiger partial charge in [-0.25, -0.2) is 0 Å². The van der Waals surface area contributed by atoms with Gasteiger partial charge in [0.1, 0.15) is 5.75 Å². The van der Waals surface area contributed by atoms with E-state index in [0.717, 1.165) is 43.3 Å². The highest BCUT2D eigenvalue weighted by Crippen LogP contribution is 2.23. The van der Waals surface area contributed by atoms with Gasteiger partial charge in [0, 0.05) is 13.0 Å². The van der Waals surface area contributed by atoms with E-state index in [1.165, 1.54) is 6.42 Å². The zero-order valence-corrected chi connectivity index (χ0v) is 14.2. The van der Waals surface area contributed by atoms with Crippen molar-refractivity contribution in [2.75, 3.05) is 26.7 Å². The number of hydrogen-bond acceptors (Lipinski definition) is 3. The highest BCUT2D eigenvalue weighted by atomic mass is 35.5. The number of benzene rings is 1. The second-order valence-corrected chi connectivity index (χ2v) is 5.88. The number of methoxy groups -OCH3 is 1. The Balaban J connectivity index is 0.00000242. The van der Waals surface area contributed by atoms with Crippen molar-refractivity contribution in [1.82, 2.24) is 10.6 Å². The van der Waals surface area contributed by atoms with E-state index in [4.69, 9.17) is 4.74 Å². The molecule has 1 aromatic carbocycles. The van der Waals surface area contributed by atoms with Gasteiger partial charge in [0.15, 0.2) is 0 Å². The van der Waals surface area contributed by atoms with E-state index in [1.54, 1.807) is 7.11 Å². The number of amides is 1. The Hall–Kier alpha value is -1.26. The summed E-state index contributed by atoms with van der Waals surface area (Å²) in [4.78, 5) is 12.0. The summed E-state index contributed by atoms with van der Waals surface area (Å²) < 4.78 is 5.23. The Labute approximate surface area is 139 Å². The molecule has 2 N–H and O–H groups in total. The summed E-state index contributed by atoms with van der Waals surface area (Å²) in [6.07, 6.45) is 2.83. The molecule has 1 aromatic rings. The normalized spacial score (nSPS) is 18.4. The maximum Gasteiger partial charge on any atom is 0.220 e. The van der Waals surface area contributed by atoms with Crippen LogP contribution in [0.2, 0.25) is 0 Å². The molecule has 2 rings (SSSR count). The van der Waals surface area contributed by atoms with Gasteiger partial charge in [0.25, 0.3) is 0 Å². The van der Waals surface area contributed by atoms with Crippen LogP contribution >= 0.6 is 12.4 Å². The maximum absolute atomic E-state index is 12.0. The Morgan fingerprint density at radius 3 is 3.00 bits per heavy atom. The molecular weight excluding hydrogens is 300 g/mol. The molecule has 1 amide bonds. The first-order chi connectivity index (χ1) is 10.2. The van der Waals surface area contributed by atoms with Gasteiger partial charge in [0.05, 0.1) is 7.11 Å². The van der Waals surface area contributed by atoms with Crippen molar-refractivity contribution >= 4 is 18.3 Å². The number of rotatable bonds is 7. The third kappa shape index (κ3) is 5.85. The van der Waals surface area contributed by atoms with E-state index in [-0.39, 0.29) is 24.2 Å². The molecule has 1 aliphatic rings. The summed E-state index contributed by atoms with van der Waals surface area (Å²) >= 11 is 0. The molecular formula is C17H27ClN2O2. The Morgan fingerprint density at radius 1 is 1.50 bits per heavy atom. The van der Waals surface area contributed by atoms with Gasteiger partial charge in [0.2, 0.25) is 5.91 Å². The number of carbonyl (C=O) groups is 1. The van der Waals surface area contributed by atoms with Crippen LogP contribution in [0.25, 0.3) is 0 Å². The highest BCUT2D eigenvalue weighted by molar-refractivity contribution is 5.85. The first-order valence-corrected chi connectivity index (χ1v) is 7.80. The zero-order valence-electron chi connectivity index (χ0n) is 13.4. The summed E-state index contributed by atoms with van der Waals surface area (Å²) in [6, 6.07) is 7.94. The van der Waals surface area contributed by atoms with E-state index < -0.39 is 0 Å².